The van der Waals surface area contributed by atoms with Gasteiger partial charge in [0.1, 0.15) is 11.8 Å². The Morgan fingerprint density at radius 3 is 2.70 bits per heavy atom. The summed E-state index contributed by atoms with van der Waals surface area (Å²) in [5.41, 5.74) is 5.06. The molecule has 1 atom stereocenters. The summed E-state index contributed by atoms with van der Waals surface area (Å²) in [7, 11) is 1.66. The Hall–Kier alpha value is -3.06. The van der Waals surface area contributed by atoms with Gasteiger partial charge in [-0.1, -0.05) is 68.1 Å². The first-order valence-corrected chi connectivity index (χ1v) is 12.1. The van der Waals surface area contributed by atoms with E-state index in [1.165, 1.54) is 11.1 Å². The van der Waals surface area contributed by atoms with Crippen LogP contribution in [0, 0.1) is 12.3 Å². The summed E-state index contributed by atoms with van der Waals surface area (Å²) in [5, 5.41) is 8.99. The molecule has 0 bridgehead atoms. The summed E-state index contributed by atoms with van der Waals surface area (Å²) in [6.07, 6.45) is 1.30. The molecule has 0 amide bonds. The number of hydrogen-bond donors (Lipinski definition) is 1. The Morgan fingerprint density at radius 1 is 1.15 bits per heavy atom. The van der Waals surface area contributed by atoms with Gasteiger partial charge in [-0.15, -0.1) is 5.10 Å². The van der Waals surface area contributed by atoms with Gasteiger partial charge in [0, 0.05) is 29.0 Å². The molecule has 0 radical (unpaired) electrons. The lowest BCUT2D eigenvalue weighted by Crippen LogP contribution is -2.36. The maximum atomic E-state index is 13.4. The minimum absolute atomic E-state index is 0.0984. The predicted molar refractivity (Wildman–Crippen MR) is 131 cm³/mol. The summed E-state index contributed by atoms with van der Waals surface area (Å²) in [5.74, 6) is 2.35. The van der Waals surface area contributed by atoms with Gasteiger partial charge in [-0.05, 0) is 36.0 Å². The summed E-state index contributed by atoms with van der Waals surface area (Å²) in [6.45, 7) is 6.39. The van der Waals surface area contributed by atoms with Crippen molar-refractivity contribution < 1.29 is 9.53 Å². The van der Waals surface area contributed by atoms with Gasteiger partial charge in [0.05, 0.1) is 7.11 Å². The second-order valence-electron chi connectivity index (χ2n) is 9.48. The van der Waals surface area contributed by atoms with Crippen LogP contribution in [0.2, 0.25) is 0 Å². The van der Waals surface area contributed by atoms with Crippen molar-refractivity contribution >= 4 is 23.5 Å². The number of ether oxygens (including phenoxy) is 1. The monoisotopic (exact) mass is 460 g/mol. The first-order chi connectivity index (χ1) is 15.9. The molecule has 0 spiro atoms. The van der Waals surface area contributed by atoms with Crippen molar-refractivity contribution in [2.75, 3.05) is 12.4 Å². The number of nitrogens with one attached hydrogen (secondary N) is 1. The zero-order valence-corrected chi connectivity index (χ0v) is 20.2. The van der Waals surface area contributed by atoms with Crippen LogP contribution in [0.4, 0.5) is 5.95 Å². The highest BCUT2D eigenvalue weighted by Crippen LogP contribution is 2.47. The summed E-state index contributed by atoms with van der Waals surface area (Å²) >= 11 is 1.60. The van der Waals surface area contributed by atoms with Crippen molar-refractivity contribution in [2.24, 2.45) is 5.41 Å². The normalized spacial score (nSPS) is 19.0. The van der Waals surface area contributed by atoms with Gasteiger partial charge < -0.3 is 10.1 Å². The average molecular weight is 461 g/mol. The fourth-order valence-electron chi connectivity index (χ4n) is 4.74. The number of ketones is 1. The molecule has 7 heteroatoms. The fourth-order valence-corrected chi connectivity index (χ4v) is 5.65. The van der Waals surface area contributed by atoms with E-state index in [4.69, 9.17) is 14.8 Å². The number of thioether (sulfide) groups is 1. The van der Waals surface area contributed by atoms with Crippen LogP contribution in [-0.4, -0.2) is 27.7 Å². The van der Waals surface area contributed by atoms with Gasteiger partial charge in [0.2, 0.25) is 11.1 Å². The number of anilines is 1. The third-order valence-corrected chi connectivity index (χ3v) is 7.25. The lowest BCUT2D eigenvalue weighted by atomic mass is 9.73. The van der Waals surface area contributed by atoms with E-state index < -0.39 is 0 Å². The van der Waals surface area contributed by atoms with E-state index in [1.807, 2.05) is 35.0 Å². The Bertz CT molecular complexity index is 1260. The second-order valence-corrected chi connectivity index (χ2v) is 10.4. The Labute approximate surface area is 198 Å². The molecule has 1 aliphatic carbocycles. The molecule has 1 unspecified atom stereocenters. The molecule has 1 aliphatic heterocycles. The number of aromatic nitrogens is 3. The van der Waals surface area contributed by atoms with Gasteiger partial charge >= 0.3 is 0 Å². The lowest BCUT2D eigenvalue weighted by molar-refractivity contribution is -0.118. The van der Waals surface area contributed by atoms with Gasteiger partial charge in [0.25, 0.3) is 0 Å². The van der Waals surface area contributed by atoms with E-state index in [-0.39, 0.29) is 17.2 Å². The number of fused-ring (bicyclic) bond motifs is 1. The van der Waals surface area contributed by atoms with Gasteiger partial charge in [-0.25, -0.2) is 4.68 Å². The summed E-state index contributed by atoms with van der Waals surface area (Å²) in [4.78, 5) is 18.2. The molecule has 1 N–H and O–H groups in total. The molecule has 6 nitrogen and oxygen atoms in total. The van der Waals surface area contributed by atoms with E-state index in [9.17, 15) is 4.79 Å². The van der Waals surface area contributed by atoms with Crippen LogP contribution in [-0.2, 0) is 10.5 Å². The van der Waals surface area contributed by atoms with Crippen LogP contribution in [0.3, 0.4) is 0 Å². The zero-order valence-electron chi connectivity index (χ0n) is 19.4. The fraction of sp³-hybridized carbons (Fsp3) is 0.346. The van der Waals surface area contributed by atoms with E-state index in [0.717, 1.165) is 34.8 Å². The number of aryl methyl sites for hydroxylation is 1. The molecular formula is C26H28N4O2S. The molecule has 3 aromatic rings. The van der Waals surface area contributed by atoms with Crippen molar-refractivity contribution in [3.8, 4) is 5.75 Å². The molecule has 170 valence electrons. The van der Waals surface area contributed by atoms with Crippen molar-refractivity contribution in [1.82, 2.24) is 14.8 Å². The quantitative estimate of drug-likeness (QED) is 0.504. The number of rotatable bonds is 5. The van der Waals surface area contributed by atoms with Crippen LogP contribution < -0.4 is 10.1 Å². The minimum Gasteiger partial charge on any atom is -0.496 e. The maximum absolute atomic E-state index is 13.4. The van der Waals surface area contributed by atoms with Crippen molar-refractivity contribution in [3.63, 3.8) is 0 Å². The van der Waals surface area contributed by atoms with Crippen molar-refractivity contribution in [2.45, 2.75) is 50.6 Å². The number of para-hydroxylation sites is 1. The number of benzene rings is 2. The number of carbonyl (C=O) groups is 1. The summed E-state index contributed by atoms with van der Waals surface area (Å²) in [6, 6.07) is 15.8. The van der Waals surface area contributed by atoms with Crippen LogP contribution in [0.15, 0.2) is 65.0 Å². The van der Waals surface area contributed by atoms with Gasteiger partial charge in [-0.2, -0.15) is 4.98 Å². The molecule has 1 aromatic heterocycles. The number of carbonyl (C=O) groups excluding carboxylic acids is 1. The highest BCUT2D eigenvalue weighted by molar-refractivity contribution is 7.98. The minimum atomic E-state index is -0.365. The zero-order chi connectivity index (χ0) is 23.2. The first-order valence-electron chi connectivity index (χ1n) is 11.2. The summed E-state index contributed by atoms with van der Waals surface area (Å²) < 4.78 is 7.53. The van der Waals surface area contributed by atoms with Crippen LogP contribution in [0.25, 0.3) is 0 Å². The molecule has 2 aromatic carbocycles. The molecular weight excluding hydrogens is 432 g/mol. The smallest absolute Gasteiger partial charge is 0.227 e. The molecule has 0 saturated heterocycles. The molecule has 2 heterocycles. The number of methoxy groups -OCH3 is 1. The molecule has 5 rings (SSSR count). The van der Waals surface area contributed by atoms with Gasteiger partial charge in [0.15, 0.2) is 5.78 Å². The maximum Gasteiger partial charge on any atom is 0.227 e. The van der Waals surface area contributed by atoms with Crippen LogP contribution >= 0.6 is 11.8 Å². The Kier molecular flexibility index (Phi) is 5.52. The van der Waals surface area contributed by atoms with E-state index in [2.05, 4.69) is 44.3 Å². The lowest BCUT2D eigenvalue weighted by Gasteiger charge is -2.38. The molecule has 0 saturated carbocycles. The molecule has 33 heavy (non-hydrogen) atoms. The predicted octanol–water partition coefficient (Wildman–Crippen LogP) is 5.55. The highest BCUT2D eigenvalue weighted by atomic mass is 32.2. The number of Topliss-reactive ketones (excluding diaryl/α,β-unsaturated/α-hetero) is 1. The van der Waals surface area contributed by atoms with Crippen molar-refractivity contribution in [3.05, 3.63) is 76.5 Å². The van der Waals surface area contributed by atoms with Gasteiger partial charge in [-0.3, -0.25) is 4.79 Å². The number of nitrogens with zero attached hydrogens (tertiary/aromatic N) is 3. The highest BCUT2D eigenvalue weighted by Gasteiger charge is 2.42. The molecule has 0 fully saturated rings. The molecule has 2 aliphatic rings. The van der Waals surface area contributed by atoms with E-state index >= 15 is 0 Å². The van der Waals surface area contributed by atoms with E-state index in [1.54, 1.807) is 18.9 Å². The standard InChI is InChI=1S/C26H28N4O2S/c1-16-9-5-6-10-17(16)15-33-25-28-24-27-19-13-26(2,3)14-20(31)22(19)23(30(24)29-25)18-11-7-8-12-21(18)32-4/h5-12,23H,13-15H2,1-4H3,(H,27,28,29). The van der Waals surface area contributed by atoms with Crippen LogP contribution in [0.5, 0.6) is 5.75 Å². The Morgan fingerprint density at radius 2 is 1.91 bits per heavy atom. The number of hydrogen-bond acceptors (Lipinski definition) is 6. The topological polar surface area (TPSA) is 69.0 Å². The second kappa shape index (κ2) is 8.37. The first kappa shape index (κ1) is 21.8. The SMILES string of the molecule is COc1ccccc1C1C2=C(CC(C)(C)CC2=O)Nc2nc(SCc3ccccc3C)nn21. The van der Waals surface area contributed by atoms with Crippen molar-refractivity contribution in [1.29, 1.82) is 0 Å². The largest absolute Gasteiger partial charge is 0.496 e. The van der Waals surface area contributed by atoms with Crippen LogP contribution in [0.1, 0.15) is 49.4 Å². The third-order valence-electron chi connectivity index (χ3n) is 6.36. The average Bonchev–Trinajstić information content (AvgIpc) is 3.18. The Balaban J connectivity index is 1.56. The third kappa shape index (κ3) is 4.06. The number of allylic oxidation sites excluding steroid dienone is 2. The van der Waals surface area contributed by atoms with E-state index in [0.29, 0.717) is 17.5 Å².